The van der Waals surface area contributed by atoms with Gasteiger partial charge in [-0.15, -0.1) is 6.58 Å². The minimum atomic E-state index is -7.52. The number of rotatable bonds is 10. The summed E-state index contributed by atoms with van der Waals surface area (Å²) in [7, 11) is -5.42. The molecule has 0 spiro atoms. The summed E-state index contributed by atoms with van der Waals surface area (Å²) in [5.74, 6) is -28.5. The number of halogens is 13. The predicted octanol–water partition coefficient (Wildman–Crippen LogP) is 5.50. The second-order valence-electron chi connectivity index (χ2n) is 5.40. The summed E-state index contributed by atoms with van der Waals surface area (Å²) in [4.78, 5) is 0. The maximum absolute atomic E-state index is 14.1. The van der Waals surface area contributed by atoms with E-state index in [1.165, 1.54) is 0 Å². The third-order valence-corrected chi connectivity index (χ3v) is 6.62. The van der Waals surface area contributed by atoms with Crippen molar-refractivity contribution in [2.75, 3.05) is 14.2 Å². The standard InChI is InChI=1S/C12H13F13O2Si/c1-4-28(26-2,27-3)12(24,25)11(22,23)10(20,21)9(18,19)7(13,14)5-6-8(15,16)17/h4H,1,5-6H2,2-3H3. The summed E-state index contributed by atoms with van der Waals surface area (Å²) >= 11 is 0. The summed E-state index contributed by atoms with van der Waals surface area (Å²) in [6, 6.07) is 0. The molecular formula is C12H13F13O2Si. The van der Waals surface area contributed by atoms with E-state index in [1.807, 2.05) is 0 Å². The summed E-state index contributed by atoms with van der Waals surface area (Å²) in [6.45, 7) is 2.60. The molecule has 0 aromatic rings. The molecule has 0 aromatic heterocycles. The largest absolute Gasteiger partial charge is 0.447 e. The third kappa shape index (κ3) is 3.99. The van der Waals surface area contributed by atoms with Gasteiger partial charge in [-0.2, -0.15) is 57.1 Å². The third-order valence-electron chi connectivity index (χ3n) is 3.68. The van der Waals surface area contributed by atoms with Crippen molar-refractivity contribution in [3.8, 4) is 0 Å². The van der Waals surface area contributed by atoms with Crippen molar-refractivity contribution in [1.29, 1.82) is 0 Å². The second kappa shape index (κ2) is 7.66. The summed E-state index contributed by atoms with van der Waals surface area (Å²) in [6.07, 6.45) is -11.4. The molecule has 0 aliphatic rings. The van der Waals surface area contributed by atoms with Crippen LogP contribution in [0, 0.1) is 0 Å². The number of alkyl halides is 13. The lowest BCUT2D eigenvalue weighted by molar-refractivity contribution is -0.395. The van der Waals surface area contributed by atoms with Gasteiger partial charge in [0.25, 0.3) is 0 Å². The molecule has 0 saturated heterocycles. The van der Waals surface area contributed by atoms with Gasteiger partial charge in [0.1, 0.15) is 0 Å². The maximum atomic E-state index is 14.1. The van der Waals surface area contributed by atoms with Gasteiger partial charge in [0, 0.05) is 27.1 Å². The van der Waals surface area contributed by atoms with Crippen molar-refractivity contribution in [2.45, 2.75) is 48.3 Å². The van der Waals surface area contributed by atoms with Crippen molar-refractivity contribution in [1.82, 2.24) is 0 Å². The zero-order valence-electron chi connectivity index (χ0n) is 13.9. The first kappa shape index (κ1) is 27.0. The van der Waals surface area contributed by atoms with Crippen molar-refractivity contribution >= 4 is 8.56 Å². The lowest BCUT2D eigenvalue weighted by Gasteiger charge is -2.43. The highest BCUT2D eigenvalue weighted by Gasteiger charge is 2.90. The SMILES string of the molecule is C=C[Si](OC)(OC)C(F)(F)C(F)(F)C(F)(F)C(F)(F)C(F)(F)CCC(F)(F)F. The molecule has 28 heavy (non-hydrogen) atoms. The van der Waals surface area contributed by atoms with Gasteiger partial charge in [0.2, 0.25) is 0 Å². The normalized spacial score (nSPS) is 15.7. The van der Waals surface area contributed by atoms with E-state index in [1.54, 1.807) is 0 Å². The van der Waals surface area contributed by atoms with Crippen LogP contribution in [0.1, 0.15) is 12.8 Å². The van der Waals surface area contributed by atoms with Crippen LogP contribution < -0.4 is 0 Å². The molecular weight excluding hydrogens is 451 g/mol. The summed E-state index contributed by atoms with van der Waals surface area (Å²) in [5.41, 5.74) is -6.48. The molecule has 0 aliphatic carbocycles. The molecule has 0 saturated carbocycles. The predicted molar refractivity (Wildman–Crippen MR) is 70.0 cm³/mol. The quantitative estimate of drug-likeness (QED) is 0.314. The monoisotopic (exact) mass is 464 g/mol. The molecule has 168 valence electrons. The Kier molecular flexibility index (Phi) is 7.38. The van der Waals surface area contributed by atoms with Crippen LogP contribution in [0.5, 0.6) is 0 Å². The fourth-order valence-electron chi connectivity index (χ4n) is 1.93. The Balaban J connectivity index is 6.34. The van der Waals surface area contributed by atoms with Crippen molar-refractivity contribution < 1.29 is 65.9 Å². The Hall–Kier alpha value is -1.03. The second-order valence-corrected chi connectivity index (χ2v) is 8.58. The van der Waals surface area contributed by atoms with Crippen LogP contribution in [0.2, 0.25) is 0 Å². The van der Waals surface area contributed by atoms with Crippen LogP contribution in [0.4, 0.5) is 57.1 Å². The van der Waals surface area contributed by atoms with Crippen molar-refractivity contribution in [2.24, 2.45) is 0 Å². The van der Waals surface area contributed by atoms with E-state index < -0.39 is 56.8 Å². The molecule has 0 heterocycles. The Morgan fingerprint density at radius 2 is 1.07 bits per heavy atom. The van der Waals surface area contributed by atoms with Gasteiger partial charge >= 0.3 is 44.0 Å². The molecule has 2 nitrogen and oxygen atoms in total. The van der Waals surface area contributed by atoms with E-state index in [0.717, 1.165) is 0 Å². The van der Waals surface area contributed by atoms with E-state index in [2.05, 4.69) is 15.4 Å². The molecule has 0 unspecified atom stereocenters. The van der Waals surface area contributed by atoms with E-state index in [-0.39, 0.29) is 19.9 Å². The maximum Gasteiger partial charge on any atom is 0.447 e. The zero-order valence-corrected chi connectivity index (χ0v) is 14.9. The fourth-order valence-corrected chi connectivity index (χ4v) is 3.80. The van der Waals surface area contributed by atoms with Crippen molar-refractivity contribution in [3.05, 3.63) is 12.3 Å². The highest BCUT2D eigenvalue weighted by Crippen LogP contribution is 2.59. The average Bonchev–Trinajstić information content (AvgIpc) is 2.53. The Morgan fingerprint density at radius 1 is 0.679 bits per heavy atom. The van der Waals surface area contributed by atoms with Gasteiger partial charge in [0.15, 0.2) is 0 Å². The summed E-state index contributed by atoms with van der Waals surface area (Å²) < 4.78 is 180. The molecule has 0 N–H and O–H groups in total. The Morgan fingerprint density at radius 3 is 1.36 bits per heavy atom. The molecule has 0 aromatic carbocycles. The van der Waals surface area contributed by atoms with Gasteiger partial charge < -0.3 is 8.85 Å². The number of hydrogen-bond donors (Lipinski definition) is 0. The molecule has 0 amide bonds. The van der Waals surface area contributed by atoms with Gasteiger partial charge in [-0.1, -0.05) is 0 Å². The van der Waals surface area contributed by atoms with Gasteiger partial charge in [0.05, 0.1) is 0 Å². The minimum Gasteiger partial charge on any atom is -0.391 e. The van der Waals surface area contributed by atoms with Crippen LogP contribution in [0.25, 0.3) is 0 Å². The molecule has 0 rings (SSSR count). The molecule has 16 heteroatoms. The minimum absolute atomic E-state index is 0.184. The smallest absolute Gasteiger partial charge is 0.391 e. The van der Waals surface area contributed by atoms with Crippen molar-refractivity contribution in [3.63, 3.8) is 0 Å². The Labute approximate surface area is 150 Å². The molecule has 0 atom stereocenters. The topological polar surface area (TPSA) is 18.5 Å². The molecule has 0 aliphatic heterocycles. The van der Waals surface area contributed by atoms with E-state index in [9.17, 15) is 57.1 Å². The molecule has 0 fully saturated rings. The fraction of sp³-hybridized carbons (Fsp3) is 0.833. The Bertz CT molecular complexity index is 554. The van der Waals surface area contributed by atoms with E-state index >= 15 is 0 Å². The lowest BCUT2D eigenvalue weighted by atomic mass is 9.95. The summed E-state index contributed by atoms with van der Waals surface area (Å²) in [5, 5.41) is 0. The highest BCUT2D eigenvalue weighted by molar-refractivity contribution is 6.75. The van der Waals surface area contributed by atoms with Crippen LogP contribution in [0.15, 0.2) is 12.3 Å². The van der Waals surface area contributed by atoms with Crippen LogP contribution in [-0.4, -0.2) is 58.2 Å². The first-order valence-electron chi connectivity index (χ1n) is 6.84. The first-order chi connectivity index (χ1) is 12.1. The van der Waals surface area contributed by atoms with Gasteiger partial charge in [-0.3, -0.25) is 0 Å². The van der Waals surface area contributed by atoms with E-state index in [0.29, 0.717) is 0 Å². The van der Waals surface area contributed by atoms with E-state index in [4.69, 9.17) is 0 Å². The molecule has 0 bridgehead atoms. The first-order valence-corrected chi connectivity index (χ1v) is 8.73. The van der Waals surface area contributed by atoms with Crippen LogP contribution in [-0.2, 0) is 8.85 Å². The number of hydrogen-bond acceptors (Lipinski definition) is 2. The highest BCUT2D eigenvalue weighted by atomic mass is 28.4. The molecule has 0 radical (unpaired) electrons. The van der Waals surface area contributed by atoms with Crippen LogP contribution in [0.3, 0.4) is 0 Å². The van der Waals surface area contributed by atoms with Gasteiger partial charge in [-0.25, -0.2) is 0 Å². The average molecular weight is 464 g/mol. The van der Waals surface area contributed by atoms with Gasteiger partial charge in [-0.05, 0) is 5.70 Å². The zero-order chi connectivity index (χ0) is 23.0. The van der Waals surface area contributed by atoms with Crippen LogP contribution >= 0.6 is 0 Å². The lowest BCUT2D eigenvalue weighted by Crippen LogP contribution is -2.74.